The lowest BCUT2D eigenvalue weighted by Gasteiger charge is -2.46. The summed E-state index contributed by atoms with van der Waals surface area (Å²) in [5, 5.41) is 0. The summed E-state index contributed by atoms with van der Waals surface area (Å²) in [6.45, 7) is 6.32. The van der Waals surface area contributed by atoms with Gasteiger partial charge in [0.15, 0.2) is 0 Å². The van der Waals surface area contributed by atoms with Crippen LogP contribution in [0, 0.1) is 5.92 Å². The minimum absolute atomic E-state index is 0.204. The van der Waals surface area contributed by atoms with E-state index in [2.05, 4.69) is 23.8 Å². The summed E-state index contributed by atoms with van der Waals surface area (Å²) in [6, 6.07) is 0.465. The maximum atomic E-state index is 12.3. The van der Waals surface area contributed by atoms with E-state index >= 15 is 0 Å². The normalized spacial score (nSPS) is 28.2. The first-order valence-electron chi connectivity index (χ1n) is 7.78. The van der Waals surface area contributed by atoms with Gasteiger partial charge in [-0.25, -0.2) is 0 Å². The number of carbonyl (C=O) groups is 1. The standard InChI is InChI=1S/C15H28N2O2/c1-3-4-10-19-12-15(18)17-8-5-6-13-11-16(2)9-7-14(13)17/h13-14H,3-12H2,1-2H3. The Morgan fingerprint density at radius 3 is 2.95 bits per heavy atom. The molecule has 0 N–H and O–H groups in total. The minimum Gasteiger partial charge on any atom is -0.372 e. The SMILES string of the molecule is CCCCOCC(=O)N1CCCC2CN(C)CCC21. The Kier molecular flexibility index (Phi) is 5.64. The maximum Gasteiger partial charge on any atom is 0.248 e. The smallest absolute Gasteiger partial charge is 0.248 e. The van der Waals surface area contributed by atoms with Crippen LogP contribution in [0.5, 0.6) is 0 Å². The van der Waals surface area contributed by atoms with Crippen LogP contribution in [0.15, 0.2) is 0 Å². The summed E-state index contributed by atoms with van der Waals surface area (Å²) in [7, 11) is 2.19. The molecule has 2 heterocycles. The molecule has 110 valence electrons. The first kappa shape index (κ1) is 14.8. The van der Waals surface area contributed by atoms with Crippen LogP contribution in [0.25, 0.3) is 0 Å². The van der Waals surface area contributed by atoms with Gasteiger partial charge >= 0.3 is 0 Å². The monoisotopic (exact) mass is 268 g/mol. The van der Waals surface area contributed by atoms with Crippen molar-refractivity contribution in [3.63, 3.8) is 0 Å². The lowest BCUT2D eigenvalue weighted by Crippen LogP contribution is -2.55. The topological polar surface area (TPSA) is 32.8 Å². The molecule has 2 rings (SSSR count). The van der Waals surface area contributed by atoms with Crippen molar-refractivity contribution in [2.75, 3.05) is 39.9 Å². The summed E-state index contributed by atoms with van der Waals surface area (Å²) in [5.74, 6) is 0.877. The number of piperidine rings is 2. The molecule has 0 saturated carbocycles. The largest absolute Gasteiger partial charge is 0.372 e. The van der Waals surface area contributed by atoms with E-state index < -0.39 is 0 Å². The van der Waals surface area contributed by atoms with Crippen molar-refractivity contribution in [3.05, 3.63) is 0 Å². The average molecular weight is 268 g/mol. The Morgan fingerprint density at radius 2 is 2.16 bits per heavy atom. The Balaban J connectivity index is 1.82. The van der Waals surface area contributed by atoms with Crippen molar-refractivity contribution < 1.29 is 9.53 Å². The molecule has 0 radical (unpaired) electrons. The Labute approximate surface area is 117 Å². The molecule has 0 aromatic rings. The van der Waals surface area contributed by atoms with E-state index in [9.17, 15) is 4.79 Å². The average Bonchev–Trinajstić information content (AvgIpc) is 2.42. The van der Waals surface area contributed by atoms with Crippen LogP contribution in [-0.2, 0) is 9.53 Å². The molecule has 19 heavy (non-hydrogen) atoms. The van der Waals surface area contributed by atoms with Gasteiger partial charge in [0.2, 0.25) is 5.91 Å². The number of hydrogen-bond donors (Lipinski definition) is 0. The highest BCUT2D eigenvalue weighted by Crippen LogP contribution is 2.30. The number of hydrogen-bond acceptors (Lipinski definition) is 3. The lowest BCUT2D eigenvalue weighted by atomic mass is 9.84. The molecular weight excluding hydrogens is 240 g/mol. The molecular formula is C15H28N2O2. The third-order valence-corrected chi connectivity index (χ3v) is 4.46. The zero-order valence-corrected chi connectivity index (χ0v) is 12.4. The number of unbranched alkanes of at least 4 members (excludes halogenated alkanes) is 1. The van der Waals surface area contributed by atoms with Gasteiger partial charge in [-0.2, -0.15) is 0 Å². The molecule has 1 amide bonds. The number of amides is 1. The molecule has 2 atom stereocenters. The zero-order valence-electron chi connectivity index (χ0n) is 12.4. The van der Waals surface area contributed by atoms with Crippen LogP contribution >= 0.6 is 0 Å². The first-order chi connectivity index (χ1) is 9.22. The van der Waals surface area contributed by atoms with E-state index in [-0.39, 0.29) is 12.5 Å². The molecule has 0 aromatic carbocycles. The first-order valence-corrected chi connectivity index (χ1v) is 7.78. The number of ether oxygens (including phenoxy) is 1. The number of nitrogens with zero attached hydrogens (tertiary/aromatic N) is 2. The van der Waals surface area contributed by atoms with Gasteiger partial charge in [-0.15, -0.1) is 0 Å². The number of carbonyl (C=O) groups excluding carboxylic acids is 1. The second-order valence-corrected chi connectivity index (χ2v) is 6.01. The van der Waals surface area contributed by atoms with Gasteiger partial charge in [-0.3, -0.25) is 4.79 Å². The van der Waals surface area contributed by atoms with Crippen molar-refractivity contribution in [3.8, 4) is 0 Å². The summed E-state index contributed by atoms with van der Waals surface area (Å²) >= 11 is 0. The van der Waals surface area contributed by atoms with E-state index in [4.69, 9.17) is 4.74 Å². The molecule has 2 aliphatic heterocycles. The predicted octanol–water partition coefficient (Wildman–Crippen LogP) is 1.75. The van der Waals surface area contributed by atoms with Crippen LogP contribution in [0.1, 0.15) is 39.0 Å². The van der Waals surface area contributed by atoms with E-state index in [1.807, 2.05) is 0 Å². The van der Waals surface area contributed by atoms with Gasteiger partial charge in [0, 0.05) is 25.7 Å². The van der Waals surface area contributed by atoms with Gasteiger partial charge in [-0.1, -0.05) is 13.3 Å². The second-order valence-electron chi connectivity index (χ2n) is 6.01. The molecule has 0 aromatic heterocycles. The summed E-state index contributed by atoms with van der Waals surface area (Å²) in [5.41, 5.74) is 0. The molecule has 2 saturated heterocycles. The molecule has 0 bridgehead atoms. The van der Waals surface area contributed by atoms with Gasteiger partial charge in [0.25, 0.3) is 0 Å². The highest BCUT2D eigenvalue weighted by Gasteiger charge is 2.36. The molecule has 4 nitrogen and oxygen atoms in total. The number of likely N-dealkylation sites (tertiary alicyclic amines) is 2. The summed E-state index contributed by atoms with van der Waals surface area (Å²) in [6.07, 6.45) is 5.71. The molecule has 0 aliphatic carbocycles. The van der Waals surface area contributed by atoms with E-state index in [1.54, 1.807) is 0 Å². The predicted molar refractivity (Wildman–Crippen MR) is 76.1 cm³/mol. The van der Waals surface area contributed by atoms with Crippen molar-refractivity contribution in [2.24, 2.45) is 5.92 Å². The van der Waals surface area contributed by atoms with Gasteiger partial charge < -0.3 is 14.5 Å². The molecule has 2 fully saturated rings. The van der Waals surface area contributed by atoms with Crippen molar-refractivity contribution in [2.45, 2.75) is 45.1 Å². The Bertz CT molecular complexity index is 296. The van der Waals surface area contributed by atoms with Crippen molar-refractivity contribution in [1.29, 1.82) is 0 Å². The Hall–Kier alpha value is -0.610. The number of fused-ring (bicyclic) bond motifs is 1. The molecule has 4 heteroatoms. The van der Waals surface area contributed by atoms with E-state index in [0.717, 1.165) is 45.3 Å². The molecule has 0 spiro atoms. The second kappa shape index (κ2) is 7.25. The fourth-order valence-electron chi connectivity index (χ4n) is 3.38. The van der Waals surface area contributed by atoms with Crippen LogP contribution < -0.4 is 0 Å². The third kappa shape index (κ3) is 3.93. The Morgan fingerprint density at radius 1 is 1.32 bits per heavy atom. The summed E-state index contributed by atoms with van der Waals surface area (Å²) in [4.78, 5) is 16.8. The maximum absolute atomic E-state index is 12.3. The molecule has 2 aliphatic rings. The van der Waals surface area contributed by atoms with Crippen LogP contribution in [0.4, 0.5) is 0 Å². The van der Waals surface area contributed by atoms with Gasteiger partial charge in [-0.05, 0) is 45.2 Å². The fourth-order valence-corrected chi connectivity index (χ4v) is 3.38. The highest BCUT2D eigenvalue weighted by molar-refractivity contribution is 5.78. The third-order valence-electron chi connectivity index (χ3n) is 4.46. The van der Waals surface area contributed by atoms with Crippen molar-refractivity contribution >= 4 is 5.91 Å². The quantitative estimate of drug-likeness (QED) is 0.712. The lowest BCUT2D eigenvalue weighted by molar-refractivity contribution is -0.143. The van der Waals surface area contributed by atoms with Crippen molar-refractivity contribution in [1.82, 2.24) is 9.80 Å². The van der Waals surface area contributed by atoms with Crippen LogP contribution in [0.2, 0.25) is 0 Å². The highest BCUT2D eigenvalue weighted by atomic mass is 16.5. The van der Waals surface area contributed by atoms with Gasteiger partial charge in [0.05, 0.1) is 0 Å². The summed E-state index contributed by atoms with van der Waals surface area (Å²) < 4.78 is 5.49. The minimum atomic E-state index is 0.204. The number of rotatable bonds is 5. The van der Waals surface area contributed by atoms with Crippen LogP contribution in [0.3, 0.4) is 0 Å². The van der Waals surface area contributed by atoms with Gasteiger partial charge in [0.1, 0.15) is 6.61 Å². The molecule has 2 unspecified atom stereocenters. The fraction of sp³-hybridized carbons (Fsp3) is 0.933. The zero-order chi connectivity index (χ0) is 13.7. The van der Waals surface area contributed by atoms with E-state index in [0.29, 0.717) is 18.6 Å². The van der Waals surface area contributed by atoms with E-state index in [1.165, 1.54) is 6.42 Å². The van der Waals surface area contributed by atoms with Crippen LogP contribution in [-0.4, -0.2) is 61.6 Å².